The van der Waals surface area contributed by atoms with E-state index in [0.717, 1.165) is 18.5 Å². The Hall–Kier alpha value is -1.85. The molecule has 1 fully saturated rings. The number of likely N-dealkylation sites (tertiary alicyclic amines) is 1. The number of nitrogens with one attached hydrogen (secondary N) is 1. The van der Waals surface area contributed by atoms with E-state index in [9.17, 15) is 9.59 Å². The van der Waals surface area contributed by atoms with Crippen LogP contribution in [0.2, 0.25) is 0 Å². The van der Waals surface area contributed by atoms with Gasteiger partial charge in [0.2, 0.25) is 5.91 Å². The fraction of sp³-hybridized carbons (Fsp3) is 0.688. The molecule has 2 rings (SSSR count). The number of nitrogens with zero attached hydrogens (tertiary/aromatic N) is 3. The lowest BCUT2D eigenvalue weighted by Gasteiger charge is -2.16. The van der Waals surface area contributed by atoms with Crippen molar-refractivity contribution in [1.29, 1.82) is 0 Å². The molecule has 6 nitrogen and oxygen atoms in total. The zero-order valence-corrected chi connectivity index (χ0v) is 13.9. The minimum absolute atomic E-state index is 0.0307. The van der Waals surface area contributed by atoms with Gasteiger partial charge < -0.3 is 10.2 Å². The molecule has 1 aliphatic heterocycles. The number of amides is 2. The van der Waals surface area contributed by atoms with E-state index in [2.05, 4.69) is 24.3 Å². The lowest BCUT2D eigenvalue weighted by atomic mass is 10.1. The van der Waals surface area contributed by atoms with Gasteiger partial charge in [0.25, 0.3) is 5.91 Å². The molecule has 1 N–H and O–H groups in total. The van der Waals surface area contributed by atoms with Crippen molar-refractivity contribution in [2.45, 2.75) is 33.6 Å². The summed E-state index contributed by atoms with van der Waals surface area (Å²) in [4.78, 5) is 26.3. The third-order valence-electron chi connectivity index (χ3n) is 3.96. The zero-order valence-electron chi connectivity index (χ0n) is 13.9. The molecule has 0 spiro atoms. The van der Waals surface area contributed by atoms with Gasteiger partial charge in [0, 0.05) is 26.7 Å². The highest BCUT2D eigenvalue weighted by atomic mass is 16.2. The van der Waals surface area contributed by atoms with Crippen LogP contribution in [0.5, 0.6) is 0 Å². The molecular weight excluding hydrogens is 280 g/mol. The molecule has 0 aromatic carbocycles. The summed E-state index contributed by atoms with van der Waals surface area (Å²) in [5, 5.41) is 7.25. The molecule has 0 radical (unpaired) electrons. The maximum absolute atomic E-state index is 12.6. The van der Waals surface area contributed by atoms with Crippen molar-refractivity contribution in [3.8, 4) is 0 Å². The largest absolute Gasteiger partial charge is 0.356 e. The number of carbonyl (C=O) groups excluding carboxylic acids is 2. The van der Waals surface area contributed by atoms with Crippen LogP contribution in [0.25, 0.3) is 0 Å². The first-order valence-electron chi connectivity index (χ1n) is 8.02. The third-order valence-corrected chi connectivity index (χ3v) is 3.96. The Balaban J connectivity index is 2.03. The van der Waals surface area contributed by atoms with Gasteiger partial charge in [0.15, 0.2) is 0 Å². The van der Waals surface area contributed by atoms with Crippen molar-refractivity contribution in [2.75, 3.05) is 19.6 Å². The standard InChI is InChI=1S/C16H26N4O2/c1-5-17-15(21)12-6-7-20(10-12)16(22)14-9-13(8-11(2)3)18-19(14)4/h9,11-12H,5-8,10H2,1-4H3,(H,17,21)/t12-/m1/s1. The van der Waals surface area contributed by atoms with E-state index in [1.165, 1.54) is 0 Å². The summed E-state index contributed by atoms with van der Waals surface area (Å²) >= 11 is 0. The summed E-state index contributed by atoms with van der Waals surface area (Å²) in [5.74, 6) is 0.430. The monoisotopic (exact) mass is 306 g/mol. The fourth-order valence-electron chi connectivity index (χ4n) is 2.88. The summed E-state index contributed by atoms with van der Waals surface area (Å²) in [7, 11) is 1.80. The quantitative estimate of drug-likeness (QED) is 0.889. The van der Waals surface area contributed by atoms with Crippen LogP contribution in [0.1, 0.15) is 43.4 Å². The average molecular weight is 306 g/mol. The molecule has 1 saturated heterocycles. The van der Waals surface area contributed by atoms with Gasteiger partial charge in [-0.25, -0.2) is 0 Å². The van der Waals surface area contributed by atoms with Crippen molar-refractivity contribution in [2.24, 2.45) is 18.9 Å². The number of aryl methyl sites for hydroxylation is 1. The zero-order chi connectivity index (χ0) is 16.3. The van der Waals surface area contributed by atoms with E-state index in [1.54, 1.807) is 16.6 Å². The van der Waals surface area contributed by atoms with Gasteiger partial charge in [-0.15, -0.1) is 0 Å². The van der Waals surface area contributed by atoms with Gasteiger partial charge in [-0.2, -0.15) is 5.10 Å². The van der Waals surface area contributed by atoms with Crippen LogP contribution in [-0.4, -0.2) is 46.1 Å². The van der Waals surface area contributed by atoms with Crippen LogP contribution in [0, 0.1) is 11.8 Å². The first-order chi connectivity index (χ1) is 10.4. The Morgan fingerprint density at radius 1 is 1.45 bits per heavy atom. The topological polar surface area (TPSA) is 67.2 Å². The third kappa shape index (κ3) is 3.67. The van der Waals surface area contributed by atoms with Crippen molar-refractivity contribution < 1.29 is 9.59 Å². The molecule has 2 amide bonds. The molecular formula is C16H26N4O2. The summed E-state index contributed by atoms with van der Waals surface area (Å²) in [6.07, 6.45) is 1.59. The smallest absolute Gasteiger partial charge is 0.272 e. The number of carbonyl (C=O) groups is 2. The SMILES string of the molecule is CCNC(=O)[C@@H]1CCN(C(=O)c2cc(CC(C)C)nn2C)C1. The van der Waals surface area contributed by atoms with Gasteiger partial charge in [0.05, 0.1) is 11.6 Å². The van der Waals surface area contributed by atoms with Gasteiger partial charge >= 0.3 is 0 Å². The lowest BCUT2D eigenvalue weighted by Crippen LogP contribution is -2.35. The Morgan fingerprint density at radius 2 is 2.18 bits per heavy atom. The molecule has 2 heterocycles. The maximum Gasteiger partial charge on any atom is 0.272 e. The molecule has 1 aromatic rings. The molecule has 1 atom stereocenters. The van der Waals surface area contributed by atoms with Crippen LogP contribution < -0.4 is 5.32 Å². The van der Waals surface area contributed by atoms with E-state index in [1.807, 2.05) is 13.0 Å². The van der Waals surface area contributed by atoms with Crippen LogP contribution in [0.3, 0.4) is 0 Å². The first kappa shape index (κ1) is 16.5. The highest BCUT2D eigenvalue weighted by molar-refractivity contribution is 5.93. The van der Waals surface area contributed by atoms with Crippen molar-refractivity contribution in [3.05, 3.63) is 17.5 Å². The minimum Gasteiger partial charge on any atom is -0.356 e. The van der Waals surface area contributed by atoms with Gasteiger partial charge in [-0.05, 0) is 31.7 Å². The molecule has 22 heavy (non-hydrogen) atoms. The van der Waals surface area contributed by atoms with Gasteiger partial charge in [-0.1, -0.05) is 13.8 Å². The van der Waals surface area contributed by atoms with Crippen LogP contribution >= 0.6 is 0 Å². The van der Waals surface area contributed by atoms with Crippen LogP contribution in [-0.2, 0) is 18.3 Å². The summed E-state index contributed by atoms with van der Waals surface area (Å²) in [5.41, 5.74) is 1.55. The summed E-state index contributed by atoms with van der Waals surface area (Å²) in [6, 6.07) is 1.88. The highest BCUT2D eigenvalue weighted by Gasteiger charge is 2.32. The second kappa shape index (κ2) is 6.94. The molecule has 0 unspecified atom stereocenters. The normalized spacial score (nSPS) is 18.0. The van der Waals surface area contributed by atoms with E-state index < -0.39 is 0 Å². The van der Waals surface area contributed by atoms with Gasteiger partial charge in [-0.3, -0.25) is 14.3 Å². The Bertz CT molecular complexity index is 550. The van der Waals surface area contributed by atoms with Crippen molar-refractivity contribution >= 4 is 11.8 Å². The molecule has 0 aliphatic carbocycles. The van der Waals surface area contributed by atoms with E-state index in [4.69, 9.17) is 0 Å². The summed E-state index contributed by atoms with van der Waals surface area (Å²) < 4.78 is 1.65. The first-order valence-corrected chi connectivity index (χ1v) is 8.02. The molecule has 122 valence electrons. The predicted octanol–water partition coefficient (Wildman–Crippen LogP) is 1.22. The van der Waals surface area contributed by atoms with Crippen molar-refractivity contribution in [1.82, 2.24) is 20.0 Å². The second-order valence-corrected chi connectivity index (χ2v) is 6.37. The Kier molecular flexibility index (Phi) is 5.21. The van der Waals surface area contributed by atoms with E-state index in [-0.39, 0.29) is 17.7 Å². The van der Waals surface area contributed by atoms with E-state index in [0.29, 0.717) is 31.2 Å². The minimum atomic E-state index is -0.0905. The Labute approximate surface area is 131 Å². The highest BCUT2D eigenvalue weighted by Crippen LogP contribution is 2.19. The molecule has 0 bridgehead atoms. The van der Waals surface area contributed by atoms with Crippen LogP contribution in [0.4, 0.5) is 0 Å². The number of hydrogen-bond acceptors (Lipinski definition) is 3. The summed E-state index contributed by atoms with van der Waals surface area (Å²) in [6.45, 7) is 7.92. The molecule has 1 aromatic heterocycles. The van der Waals surface area contributed by atoms with E-state index >= 15 is 0 Å². The molecule has 1 aliphatic rings. The maximum atomic E-state index is 12.6. The van der Waals surface area contributed by atoms with Crippen LogP contribution in [0.15, 0.2) is 6.07 Å². The Morgan fingerprint density at radius 3 is 2.82 bits per heavy atom. The molecule has 6 heteroatoms. The van der Waals surface area contributed by atoms with Gasteiger partial charge in [0.1, 0.15) is 5.69 Å². The average Bonchev–Trinajstić information content (AvgIpc) is 3.05. The number of rotatable bonds is 5. The molecule has 0 saturated carbocycles. The number of aromatic nitrogens is 2. The fourth-order valence-corrected chi connectivity index (χ4v) is 2.88. The van der Waals surface area contributed by atoms with Crippen molar-refractivity contribution in [3.63, 3.8) is 0 Å². The second-order valence-electron chi connectivity index (χ2n) is 6.37. The predicted molar refractivity (Wildman–Crippen MR) is 84.4 cm³/mol. The lowest BCUT2D eigenvalue weighted by molar-refractivity contribution is -0.124. The number of hydrogen-bond donors (Lipinski definition) is 1.